The molecule has 2 aliphatic heterocycles. The highest BCUT2D eigenvalue weighted by molar-refractivity contribution is 6.02. The number of hydroxylamine groups is 2. The summed E-state index contributed by atoms with van der Waals surface area (Å²) >= 11 is 0. The van der Waals surface area contributed by atoms with E-state index in [0.29, 0.717) is 24.1 Å². The summed E-state index contributed by atoms with van der Waals surface area (Å²) in [6.07, 6.45) is 1.46. The highest BCUT2D eigenvalue weighted by Gasteiger charge is 2.34. The van der Waals surface area contributed by atoms with Crippen LogP contribution in [0.5, 0.6) is 0 Å². The Bertz CT molecular complexity index is 499. The smallest absolute Gasteiger partial charge is 0.342 e. The molecular formula is C16H24N2O5. The molecule has 0 saturated carbocycles. The summed E-state index contributed by atoms with van der Waals surface area (Å²) in [5.74, 6) is -1.71. The average Bonchev–Trinajstić information content (AvgIpc) is 2.78. The molecule has 2 saturated heterocycles. The maximum absolute atomic E-state index is 12.1. The van der Waals surface area contributed by atoms with Crippen molar-refractivity contribution in [3.63, 3.8) is 0 Å². The SMILES string of the molecule is CC(C)(C)C1CCN(C(=O)CC(=O)ON2C(=O)CCC2=O)CC1. The molecule has 0 N–H and O–H groups in total. The first-order valence-electron chi connectivity index (χ1n) is 8.03. The van der Waals surface area contributed by atoms with E-state index < -0.39 is 24.2 Å². The molecule has 0 aromatic heterocycles. The Balaban J connectivity index is 1.80. The predicted molar refractivity (Wildman–Crippen MR) is 80.6 cm³/mol. The van der Waals surface area contributed by atoms with Crippen molar-refractivity contribution in [2.24, 2.45) is 11.3 Å². The van der Waals surface area contributed by atoms with Gasteiger partial charge in [0.15, 0.2) is 0 Å². The van der Waals surface area contributed by atoms with Crippen LogP contribution < -0.4 is 0 Å². The number of piperidine rings is 1. The van der Waals surface area contributed by atoms with E-state index >= 15 is 0 Å². The van der Waals surface area contributed by atoms with E-state index in [-0.39, 0.29) is 24.2 Å². The lowest BCUT2D eigenvalue weighted by molar-refractivity contribution is -0.198. The molecule has 7 heteroatoms. The first-order chi connectivity index (χ1) is 10.7. The molecule has 128 valence electrons. The highest BCUT2D eigenvalue weighted by atomic mass is 16.7. The molecule has 0 bridgehead atoms. The number of amides is 3. The molecule has 0 radical (unpaired) electrons. The molecule has 0 aromatic rings. The molecule has 3 amide bonds. The second-order valence-corrected chi connectivity index (χ2v) is 7.24. The van der Waals surface area contributed by atoms with Gasteiger partial charge in [0.05, 0.1) is 0 Å². The lowest BCUT2D eigenvalue weighted by Gasteiger charge is -2.38. The Hall–Kier alpha value is -1.92. The van der Waals surface area contributed by atoms with E-state index in [2.05, 4.69) is 20.8 Å². The molecule has 0 aromatic carbocycles. The minimum Gasteiger partial charge on any atom is -0.342 e. The van der Waals surface area contributed by atoms with Crippen molar-refractivity contribution < 1.29 is 24.0 Å². The van der Waals surface area contributed by atoms with Crippen LogP contribution in [0.1, 0.15) is 52.9 Å². The Labute approximate surface area is 135 Å². The summed E-state index contributed by atoms with van der Waals surface area (Å²) in [6.45, 7) is 7.81. The minimum atomic E-state index is -0.864. The van der Waals surface area contributed by atoms with Crippen LogP contribution in [0.25, 0.3) is 0 Å². The molecule has 0 unspecified atom stereocenters. The molecule has 2 fully saturated rings. The fraction of sp³-hybridized carbons (Fsp3) is 0.750. The van der Waals surface area contributed by atoms with Gasteiger partial charge in [-0.15, -0.1) is 5.06 Å². The summed E-state index contributed by atoms with van der Waals surface area (Å²) in [4.78, 5) is 53.0. The topological polar surface area (TPSA) is 84.0 Å². The summed E-state index contributed by atoms with van der Waals surface area (Å²) in [7, 11) is 0. The fourth-order valence-corrected chi connectivity index (χ4v) is 3.02. The monoisotopic (exact) mass is 324 g/mol. The molecule has 2 aliphatic rings. The van der Waals surface area contributed by atoms with Crippen LogP contribution in [0.15, 0.2) is 0 Å². The van der Waals surface area contributed by atoms with Crippen molar-refractivity contribution in [2.75, 3.05) is 13.1 Å². The minimum absolute atomic E-state index is 0.0420. The van der Waals surface area contributed by atoms with Gasteiger partial charge in [0.25, 0.3) is 11.8 Å². The zero-order valence-electron chi connectivity index (χ0n) is 14.0. The Kier molecular flexibility index (Phi) is 5.06. The maximum atomic E-state index is 12.1. The third-order valence-corrected chi connectivity index (χ3v) is 4.57. The average molecular weight is 324 g/mol. The van der Waals surface area contributed by atoms with Gasteiger partial charge >= 0.3 is 5.97 Å². The van der Waals surface area contributed by atoms with Crippen LogP contribution in [-0.2, 0) is 24.0 Å². The second-order valence-electron chi connectivity index (χ2n) is 7.24. The lowest BCUT2D eigenvalue weighted by atomic mass is 9.75. The van der Waals surface area contributed by atoms with E-state index in [1.165, 1.54) is 0 Å². The van der Waals surface area contributed by atoms with Gasteiger partial charge < -0.3 is 9.74 Å². The molecule has 7 nitrogen and oxygen atoms in total. The van der Waals surface area contributed by atoms with Gasteiger partial charge in [-0.1, -0.05) is 20.8 Å². The van der Waals surface area contributed by atoms with Gasteiger partial charge in [0.1, 0.15) is 6.42 Å². The van der Waals surface area contributed by atoms with Crippen LogP contribution in [0, 0.1) is 11.3 Å². The van der Waals surface area contributed by atoms with E-state index in [1.807, 2.05) is 0 Å². The molecule has 0 spiro atoms. The van der Waals surface area contributed by atoms with Crippen molar-refractivity contribution in [1.29, 1.82) is 0 Å². The van der Waals surface area contributed by atoms with Gasteiger partial charge in [-0.05, 0) is 24.2 Å². The first kappa shape index (κ1) is 17.4. The van der Waals surface area contributed by atoms with Crippen LogP contribution in [0.3, 0.4) is 0 Å². The molecule has 2 heterocycles. The normalized spacial score (nSPS) is 20.1. The van der Waals surface area contributed by atoms with Crippen molar-refractivity contribution in [3.8, 4) is 0 Å². The van der Waals surface area contributed by atoms with Gasteiger partial charge in [-0.2, -0.15) is 0 Å². The number of carbonyl (C=O) groups excluding carboxylic acids is 4. The van der Waals surface area contributed by atoms with Crippen molar-refractivity contribution >= 4 is 23.7 Å². The fourth-order valence-electron chi connectivity index (χ4n) is 3.02. The highest BCUT2D eigenvalue weighted by Crippen LogP contribution is 2.34. The molecule has 2 rings (SSSR count). The summed E-state index contributed by atoms with van der Waals surface area (Å²) < 4.78 is 0. The number of carbonyl (C=O) groups is 4. The van der Waals surface area contributed by atoms with Crippen LogP contribution in [0.2, 0.25) is 0 Å². The van der Waals surface area contributed by atoms with Crippen molar-refractivity contribution in [1.82, 2.24) is 9.96 Å². The summed E-state index contributed by atoms with van der Waals surface area (Å²) in [6, 6.07) is 0. The van der Waals surface area contributed by atoms with Crippen LogP contribution in [-0.4, -0.2) is 46.7 Å². The van der Waals surface area contributed by atoms with Crippen molar-refractivity contribution in [3.05, 3.63) is 0 Å². The van der Waals surface area contributed by atoms with E-state index in [1.54, 1.807) is 4.90 Å². The molecule has 0 aliphatic carbocycles. The van der Waals surface area contributed by atoms with Crippen molar-refractivity contribution in [2.45, 2.75) is 52.9 Å². The second kappa shape index (κ2) is 6.68. The number of likely N-dealkylation sites (tertiary alicyclic amines) is 1. The molecule has 23 heavy (non-hydrogen) atoms. The number of imide groups is 1. The predicted octanol–water partition coefficient (Wildman–Crippen LogP) is 1.27. The van der Waals surface area contributed by atoms with Crippen LogP contribution in [0.4, 0.5) is 0 Å². The van der Waals surface area contributed by atoms with E-state index in [0.717, 1.165) is 12.8 Å². The zero-order chi connectivity index (χ0) is 17.2. The largest absolute Gasteiger partial charge is 0.342 e. The van der Waals surface area contributed by atoms with Gasteiger partial charge in [0.2, 0.25) is 5.91 Å². The van der Waals surface area contributed by atoms with Gasteiger partial charge in [-0.25, -0.2) is 4.79 Å². The number of hydrogen-bond donors (Lipinski definition) is 0. The number of nitrogens with zero attached hydrogens (tertiary/aromatic N) is 2. The van der Waals surface area contributed by atoms with E-state index in [9.17, 15) is 19.2 Å². The third-order valence-electron chi connectivity index (χ3n) is 4.57. The Morgan fingerprint density at radius 3 is 2.09 bits per heavy atom. The quantitative estimate of drug-likeness (QED) is 0.576. The lowest BCUT2D eigenvalue weighted by Crippen LogP contribution is -2.42. The summed E-state index contributed by atoms with van der Waals surface area (Å²) in [5.41, 5.74) is 0.213. The molecular weight excluding hydrogens is 300 g/mol. The molecule has 0 atom stereocenters. The third kappa shape index (κ3) is 4.30. The maximum Gasteiger partial charge on any atom is 0.342 e. The number of hydrogen-bond acceptors (Lipinski definition) is 5. The standard InChI is InChI=1S/C16H24N2O5/c1-16(2,3)11-6-8-17(9-7-11)14(21)10-15(22)23-18-12(19)4-5-13(18)20/h11H,4-10H2,1-3H3. The Morgan fingerprint density at radius 1 is 1.09 bits per heavy atom. The summed E-state index contributed by atoms with van der Waals surface area (Å²) in [5, 5.41) is 0.474. The van der Waals surface area contributed by atoms with Crippen LogP contribution >= 0.6 is 0 Å². The number of rotatable bonds is 3. The van der Waals surface area contributed by atoms with Gasteiger partial charge in [0, 0.05) is 25.9 Å². The van der Waals surface area contributed by atoms with E-state index in [4.69, 9.17) is 4.84 Å². The Morgan fingerprint density at radius 2 is 1.61 bits per heavy atom. The zero-order valence-corrected chi connectivity index (χ0v) is 14.0. The first-order valence-corrected chi connectivity index (χ1v) is 8.03. The van der Waals surface area contributed by atoms with Gasteiger partial charge in [-0.3, -0.25) is 14.4 Å².